The Bertz CT molecular complexity index is 923. The highest BCUT2D eigenvalue weighted by atomic mass is 15.3. The van der Waals surface area contributed by atoms with E-state index >= 15 is 0 Å². The van der Waals surface area contributed by atoms with Crippen molar-refractivity contribution in [1.29, 1.82) is 0 Å². The molecule has 0 spiro atoms. The van der Waals surface area contributed by atoms with Gasteiger partial charge in [0, 0.05) is 24.2 Å². The van der Waals surface area contributed by atoms with Gasteiger partial charge in [0.2, 0.25) is 5.95 Å². The van der Waals surface area contributed by atoms with E-state index in [0.717, 1.165) is 48.8 Å². The zero-order chi connectivity index (χ0) is 31.1. The first kappa shape index (κ1) is 36.3. The van der Waals surface area contributed by atoms with E-state index in [1.54, 1.807) is 6.20 Å². The molecule has 234 valence electrons. The van der Waals surface area contributed by atoms with Crippen LogP contribution in [0.25, 0.3) is 0 Å². The fourth-order valence-electron chi connectivity index (χ4n) is 5.12. The normalized spacial score (nSPS) is 14.4. The number of hydrogen-bond acceptors (Lipinski definition) is 9. The largest absolute Gasteiger partial charge is 0.366 e. The van der Waals surface area contributed by atoms with Crippen molar-refractivity contribution in [2.45, 2.75) is 140 Å². The maximum Gasteiger partial charge on any atom is 0.243 e. The van der Waals surface area contributed by atoms with E-state index in [9.17, 15) is 0 Å². The van der Waals surface area contributed by atoms with Gasteiger partial charge in [-0.05, 0) is 84.0 Å². The van der Waals surface area contributed by atoms with E-state index < -0.39 is 0 Å². The Hall–Kier alpha value is -2.71. The van der Waals surface area contributed by atoms with Gasteiger partial charge in [0.05, 0.1) is 18.1 Å². The lowest BCUT2D eigenvalue weighted by Crippen LogP contribution is -2.21. The van der Waals surface area contributed by atoms with E-state index in [0.29, 0.717) is 53.8 Å². The summed E-state index contributed by atoms with van der Waals surface area (Å²) in [5, 5.41) is 21.8. The molecule has 0 aromatic carbocycles. The molecule has 2 rings (SSSR count). The van der Waals surface area contributed by atoms with Gasteiger partial charge in [-0.15, -0.1) is 10.2 Å². The molecule has 4 atom stereocenters. The number of hydrogen-bond donors (Lipinski definition) is 4. The second-order valence-corrected chi connectivity index (χ2v) is 13.6. The van der Waals surface area contributed by atoms with Gasteiger partial charge in [0.25, 0.3) is 0 Å². The minimum Gasteiger partial charge on any atom is -0.366 e. The van der Waals surface area contributed by atoms with Crippen molar-refractivity contribution in [3.8, 4) is 0 Å². The topological polar surface area (TPSA) is 113 Å². The molecule has 2 heterocycles. The first-order valence-corrected chi connectivity index (χ1v) is 15.7. The monoisotopic (exact) mass is 572 g/mol. The minimum absolute atomic E-state index is 0.357. The van der Waals surface area contributed by atoms with Crippen LogP contribution in [-0.4, -0.2) is 49.3 Å². The van der Waals surface area contributed by atoms with E-state index in [2.05, 4.69) is 130 Å². The molecule has 9 nitrogen and oxygen atoms in total. The fourth-order valence-corrected chi connectivity index (χ4v) is 5.12. The summed E-state index contributed by atoms with van der Waals surface area (Å²) in [5.41, 5.74) is 0.951. The van der Waals surface area contributed by atoms with Crippen molar-refractivity contribution >= 4 is 23.4 Å². The molecule has 0 aliphatic heterocycles. The van der Waals surface area contributed by atoms with Crippen molar-refractivity contribution < 1.29 is 0 Å². The molecule has 4 N–H and O–H groups in total. The highest BCUT2D eigenvalue weighted by Crippen LogP contribution is 2.17. The third-order valence-electron chi connectivity index (χ3n) is 6.36. The Kier molecular flexibility index (Phi) is 16.5. The van der Waals surface area contributed by atoms with Crippen molar-refractivity contribution in [2.24, 2.45) is 23.7 Å². The van der Waals surface area contributed by atoms with Crippen LogP contribution in [-0.2, 0) is 0 Å². The summed E-state index contributed by atoms with van der Waals surface area (Å²) in [4.78, 5) is 13.4. The predicted octanol–water partition coefficient (Wildman–Crippen LogP) is 8.04. The molecule has 0 aliphatic carbocycles. The molecule has 0 saturated heterocycles. The summed E-state index contributed by atoms with van der Waals surface area (Å²) in [6, 6.07) is 1.56. The van der Waals surface area contributed by atoms with Gasteiger partial charge in [0.15, 0.2) is 5.82 Å². The first-order valence-electron chi connectivity index (χ1n) is 15.7. The third-order valence-corrected chi connectivity index (χ3v) is 6.36. The predicted molar refractivity (Wildman–Crippen MR) is 177 cm³/mol. The van der Waals surface area contributed by atoms with Gasteiger partial charge in [-0.25, -0.2) is 15.0 Å². The fraction of sp³-hybridized carbons (Fsp3) is 0.781. The average molecular weight is 572 g/mol. The second-order valence-electron chi connectivity index (χ2n) is 13.6. The van der Waals surface area contributed by atoms with E-state index in [-0.39, 0.29) is 0 Å². The van der Waals surface area contributed by atoms with Crippen molar-refractivity contribution in [2.75, 3.05) is 21.3 Å². The maximum absolute atomic E-state index is 4.62. The van der Waals surface area contributed by atoms with Gasteiger partial charge in [-0.3, -0.25) is 0 Å². The van der Waals surface area contributed by atoms with Crippen LogP contribution in [0.5, 0.6) is 0 Å². The van der Waals surface area contributed by atoms with Crippen LogP contribution in [0.2, 0.25) is 0 Å². The van der Waals surface area contributed by atoms with Crippen LogP contribution in [0.1, 0.15) is 114 Å². The van der Waals surface area contributed by atoms with E-state index in [1.165, 1.54) is 0 Å². The molecule has 0 fully saturated rings. The Morgan fingerprint density at radius 3 is 1.34 bits per heavy atom. The molecular formula is C32H61N9. The Morgan fingerprint density at radius 1 is 0.512 bits per heavy atom. The van der Waals surface area contributed by atoms with Crippen LogP contribution in [0.3, 0.4) is 0 Å². The van der Waals surface area contributed by atoms with Crippen molar-refractivity contribution in [3.63, 3.8) is 0 Å². The molecule has 9 heteroatoms. The molecule has 2 aromatic rings. The lowest BCUT2D eigenvalue weighted by atomic mass is 10.1. The van der Waals surface area contributed by atoms with Crippen LogP contribution in [0.15, 0.2) is 12.4 Å². The summed E-state index contributed by atoms with van der Waals surface area (Å²) in [7, 11) is 0. The Morgan fingerprint density at radius 2 is 0.927 bits per heavy atom. The number of rotatable bonds is 16. The SMILES string of the molecule is CC(C)CC(C)Nc1cnc(NC(C)CC(C)C)nn1.Cc1nc(NC(C)CC(C)C)cnc1NC(C)CC(C)C. The number of aromatic nitrogens is 5. The summed E-state index contributed by atoms with van der Waals surface area (Å²) >= 11 is 0. The molecule has 2 aromatic heterocycles. The molecule has 0 saturated carbocycles. The number of nitrogens with one attached hydrogen (secondary N) is 4. The Balaban J connectivity index is 0.000000410. The quantitative estimate of drug-likeness (QED) is 0.159. The van der Waals surface area contributed by atoms with E-state index in [1.807, 2.05) is 13.1 Å². The van der Waals surface area contributed by atoms with Gasteiger partial charge in [0.1, 0.15) is 11.6 Å². The third kappa shape index (κ3) is 17.0. The summed E-state index contributed by atoms with van der Waals surface area (Å²) in [6.07, 6.45) is 8.03. The highest BCUT2D eigenvalue weighted by molar-refractivity contribution is 5.45. The van der Waals surface area contributed by atoms with Crippen LogP contribution in [0, 0.1) is 30.6 Å². The number of nitrogens with zero attached hydrogens (tertiary/aromatic N) is 5. The second kappa shape index (κ2) is 18.7. The molecule has 0 amide bonds. The average Bonchev–Trinajstić information content (AvgIpc) is 2.80. The van der Waals surface area contributed by atoms with Gasteiger partial charge >= 0.3 is 0 Å². The molecule has 4 unspecified atom stereocenters. The maximum atomic E-state index is 4.62. The number of anilines is 4. The zero-order valence-electron chi connectivity index (χ0n) is 28.3. The van der Waals surface area contributed by atoms with Gasteiger partial charge in [-0.1, -0.05) is 55.4 Å². The Labute approximate surface area is 251 Å². The zero-order valence-corrected chi connectivity index (χ0v) is 28.3. The van der Waals surface area contributed by atoms with Crippen LogP contribution >= 0.6 is 0 Å². The minimum atomic E-state index is 0.357. The molecule has 0 aliphatic rings. The standard InChI is InChI=1S/C17H32N4.C15H29N5/c1-11(2)8-13(5)19-16-10-18-17(15(7)21-16)20-14(6)9-12(3)4;1-10(2)7-12(5)17-14-9-16-15(20-19-14)18-13(6)8-11(3)4/h10-14H,8-9H2,1-7H3,(H,18,20)(H,19,21);9-13H,7-8H2,1-6H3,(H,17,19)(H,16,18,20). The van der Waals surface area contributed by atoms with Crippen molar-refractivity contribution in [3.05, 3.63) is 18.1 Å². The molecule has 41 heavy (non-hydrogen) atoms. The number of aryl methyl sites for hydroxylation is 1. The lowest BCUT2D eigenvalue weighted by molar-refractivity contribution is 0.535. The smallest absolute Gasteiger partial charge is 0.243 e. The lowest BCUT2D eigenvalue weighted by Gasteiger charge is -2.19. The molecule has 0 bridgehead atoms. The summed E-state index contributed by atoms with van der Waals surface area (Å²) < 4.78 is 0. The van der Waals surface area contributed by atoms with Crippen LogP contribution < -0.4 is 21.3 Å². The summed E-state index contributed by atoms with van der Waals surface area (Å²) in [5.74, 6) is 5.77. The summed E-state index contributed by atoms with van der Waals surface area (Å²) in [6.45, 7) is 28.5. The highest BCUT2D eigenvalue weighted by Gasteiger charge is 2.12. The van der Waals surface area contributed by atoms with Gasteiger partial charge < -0.3 is 21.3 Å². The van der Waals surface area contributed by atoms with Crippen LogP contribution in [0.4, 0.5) is 23.4 Å². The molecular weight excluding hydrogens is 510 g/mol. The first-order chi connectivity index (χ1) is 19.1. The van der Waals surface area contributed by atoms with Gasteiger partial charge in [-0.2, -0.15) is 0 Å². The molecule has 0 radical (unpaired) electrons. The van der Waals surface area contributed by atoms with E-state index in [4.69, 9.17) is 0 Å². The van der Waals surface area contributed by atoms with Crippen molar-refractivity contribution in [1.82, 2.24) is 25.1 Å².